The number of aromatic nitrogens is 1. The summed E-state index contributed by atoms with van der Waals surface area (Å²) in [6, 6.07) is 32.1. The molecule has 1 aliphatic rings. The Morgan fingerprint density at radius 1 is 0.881 bits per heavy atom. The first-order chi connectivity index (χ1) is 20.4. The second-order valence-electron chi connectivity index (χ2n) is 9.58. The summed E-state index contributed by atoms with van der Waals surface area (Å²) in [5, 5.41) is 5.27. The number of carbonyl (C=O) groups excluding carboxylic acids is 2. The fourth-order valence-corrected chi connectivity index (χ4v) is 6.29. The van der Waals surface area contributed by atoms with E-state index in [0.29, 0.717) is 28.0 Å². The molecule has 0 spiro atoms. The number of thioether (sulfide) groups is 1. The van der Waals surface area contributed by atoms with E-state index in [-0.39, 0.29) is 10.7 Å². The van der Waals surface area contributed by atoms with Crippen molar-refractivity contribution in [2.45, 2.75) is 10.8 Å². The van der Waals surface area contributed by atoms with Crippen molar-refractivity contribution in [1.82, 2.24) is 9.88 Å². The van der Waals surface area contributed by atoms with Crippen LogP contribution in [0.2, 0.25) is 5.02 Å². The summed E-state index contributed by atoms with van der Waals surface area (Å²) in [5.74, 6) is 0.963. The maximum Gasteiger partial charge on any atom is 0.270 e. The number of nitrogens with zero attached hydrogens (tertiary/aromatic N) is 2. The molecular weight excluding hydrogens is 586 g/mol. The molecule has 208 valence electrons. The molecule has 4 aromatic carbocycles. The fraction of sp³-hybridized carbons (Fsp3) is 0.0606. The monoisotopic (exact) mass is 609 g/mol. The van der Waals surface area contributed by atoms with Gasteiger partial charge in [0, 0.05) is 34.3 Å². The smallest absolute Gasteiger partial charge is 0.270 e. The van der Waals surface area contributed by atoms with Crippen LogP contribution in [-0.2, 0) is 22.4 Å². The van der Waals surface area contributed by atoms with Crippen LogP contribution in [0.25, 0.3) is 17.0 Å². The highest BCUT2D eigenvalue weighted by atomic mass is 35.5. The Balaban J connectivity index is 1.34. The van der Waals surface area contributed by atoms with E-state index in [1.54, 1.807) is 42.1 Å². The van der Waals surface area contributed by atoms with E-state index in [4.69, 9.17) is 28.6 Å². The minimum atomic E-state index is -0.535. The number of benzene rings is 4. The SMILES string of the molecule is Cn1c(SCc2ccc(Cl)cc2)c(/C=C2\C(=O)NC(=S)N(c3ccc(Oc4ccccc4)cc3)C2=O)c2ccccc21. The van der Waals surface area contributed by atoms with Gasteiger partial charge in [-0.25, -0.2) is 0 Å². The van der Waals surface area contributed by atoms with E-state index in [1.807, 2.05) is 85.9 Å². The Labute approximate surface area is 257 Å². The lowest BCUT2D eigenvalue weighted by Gasteiger charge is -2.29. The number of hydrogen-bond donors (Lipinski definition) is 1. The molecule has 1 saturated heterocycles. The number of fused-ring (bicyclic) bond motifs is 1. The average molecular weight is 610 g/mol. The molecule has 0 radical (unpaired) electrons. The first-order valence-electron chi connectivity index (χ1n) is 13.1. The van der Waals surface area contributed by atoms with Crippen LogP contribution >= 0.6 is 35.6 Å². The highest BCUT2D eigenvalue weighted by Crippen LogP contribution is 2.37. The number of halogens is 1. The third-order valence-corrected chi connectivity index (χ3v) is 8.63. The van der Waals surface area contributed by atoms with E-state index in [2.05, 4.69) is 9.88 Å². The second-order valence-corrected chi connectivity index (χ2v) is 11.4. The average Bonchev–Trinajstić information content (AvgIpc) is 3.26. The largest absolute Gasteiger partial charge is 0.457 e. The summed E-state index contributed by atoms with van der Waals surface area (Å²) in [5.41, 5.74) is 3.42. The summed E-state index contributed by atoms with van der Waals surface area (Å²) in [7, 11) is 1.98. The number of carbonyl (C=O) groups is 2. The number of para-hydroxylation sites is 2. The second kappa shape index (κ2) is 11.9. The van der Waals surface area contributed by atoms with Gasteiger partial charge >= 0.3 is 0 Å². The van der Waals surface area contributed by atoms with Gasteiger partial charge < -0.3 is 9.30 Å². The van der Waals surface area contributed by atoms with E-state index in [1.165, 1.54) is 4.90 Å². The number of anilines is 1. The van der Waals surface area contributed by atoms with Crippen molar-refractivity contribution in [1.29, 1.82) is 0 Å². The maximum absolute atomic E-state index is 13.8. The van der Waals surface area contributed by atoms with E-state index in [0.717, 1.165) is 27.1 Å². The third kappa shape index (κ3) is 5.56. The van der Waals surface area contributed by atoms with Crippen LogP contribution in [0.3, 0.4) is 0 Å². The zero-order valence-electron chi connectivity index (χ0n) is 22.4. The van der Waals surface area contributed by atoms with Gasteiger partial charge in [-0.05, 0) is 78.5 Å². The topological polar surface area (TPSA) is 63.6 Å². The molecule has 6 nitrogen and oxygen atoms in total. The zero-order chi connectivity index (χ0) is 29.2. The molecule has 0 unspecified atom stereocenters. The fourth-order valence-electron chi connectivity index (χ4n) is 4.77. The number of ether oxygens (including phenoxy) is 1. The van der Waals surface area contributed by atoms with Gasteiger partial charge in [-0.3, -0.25) is 19.8 Å². The highest BCUT2D eigenvalue weighted by molar-refractivity contribution is 7.98. The Bertz CT molecular complexity index is 1850. The van der Waals surface area contributed by atoms with E-state index >= 15 is 0 Å². The molecule has 0 aliphatic carbocycles. The number of hydrogen-bond acceptors (Lipinski definition) is 5. The standard InChI is InChI=1S/C33H24ClN3O3S2/c1-36-29-10-6-5-9-26(29)27(32(36)42-20-21-11-13-22(34)14-12-21)19-28-30(38)35-33(41)37(31(28)39)23-15-17-25(18-16-23)40-24-7-3-2-4-8-24/h2-19H,20H2,1H3,(H,35,38,41)/b28-19+. The predicted octanol–water partition coefficient (Wildman–Crippen LogP) is 7.75. The van der Waals surface area contributed by atoms with Gasteiger partial charge in [0.1, 0.15) is 17.1 Å². The summed E-state index contributed by atoms with van der Waals surface area (Å²) < 4.78 is 7.96. The van der Waals surface area contributed by atoms with Crippen molar-refractivity contribution < 1.29 is 14.3 Å². The molecule has 1 fully saturated rings. The molecule has 42 heavy (non-hydrogen) atoms. The minimum Gasteiger partial charge on any atom is -0.457 e. The Morgan fingerprint density at radius 2 is 1.55 bits per heavy atom. The van der Waals surface area contributed by atoms with Crippen molar-refractivity contribution >= 4 is 75.2 Å². The molecular formula is C33H24ClN3O3S2. The Kier molecular flexibility index (Phi) is 7.84. The van der Waals surface area contributed by atoms with Gasteiger partial charge in [-0.15, -0.1) is 11.8 Å². The normalized spacial score (nSPS) is 14.5. The number of rotatable bonds is 7. The van der Waals surface area contributed by atoms with Crippen LogP contribution in [0.15, 0.2) is 114 Å². The van der Waals surface area contributed by atoms with Crippen molar-refractivity contribution in [2.24, 2.45) is 7.05 Å². The van der Waals surface area contributed by atoms with Gasteiger partial charge in [0.25, 0.3) is 11.8 Å². The zero-order valence-corrected chi connectivity index (χ0v) is 24.8. The summed E-state index contributed by atoms with van der Waals surface area (Å²) in [6.45, 7) is 0. The van der Waals surface area contributed by atoms with Crippen LogP contribution in [0.1, 0.15) is 11.1 Å². The van der Waals surface area contributed by atoms with Crippen LogP contribution < -0.4 is 15.0 Å². The van der Waals surface area contributed by atoms with Crippen LogP contribution in [-0.4, -0.2) is 21.5 Å². The molecule has 0 saturated carbocycles. The number of amides is 2. The molecule has 0 bridgehead atoms. The molecule has 1 aromatic heterocycles. The molecule has 9 heteroatoms. The van der Waals surface area contributed by atoms with Gasteiger partial charge in [0.2, 0.25) is 0 Å². The third-order valence-electron chi connectivity index (χ3n) is 6.84. The predicted molar refractivity (Wildman–Crippen MR) is 173 cm³/mol. The first-order valence-corrected chi connectivity index (χ1v) is 14.9. The molecule has 5 aromatic rings. The van der Waals surface area contributed by atoms with Crippen LogP contribution in [0.5, 0.6) is 11.5 Å². The van der Waals surface area contributed by atoms with Crippen molar-refractivity contribution in [3.63, 3.8) is 0 Å². The summed E-state index contributed by atoms with van der Waals surface area (Å²) in [6.07, 6.45) is 1.67. The summed E-state index contributed by atoms with van der Waals surface area (Å²) >= 11 is 13.1. The molecule has 6 rings (SSSR count). The lowest BCUT2D eigenvalue weighted by molar-refractivity contribution is -0.122. The van der Waals surface area contributed by atoms with Crippen molar-refractivity contribution in [2.75, 3.05) is 4.90 Å². The number of thiocarbonyl (C=S) groups is 1. The number of nitrogens with one attached hydrogen (secondary N) is 1. The molecule has 1 N–H and O–H groups in total. The van der Waals surface area contributed by atoms with Crippen molar-refractivity contribution in [3.05, 3.63) is 125 Å². The highest BCUT2D eigenvalue weighted by Gasteiger charge is 2.35. The van der Waals surface area contributed by atoms with Crippen LogP contribution in [0, 0.1) is 0 Å². The van der Waals surface area contributed by atoms with E-state index in [9.17, 15) is 9.59 Å². The van der Waals surface area contributed by atoms with Gasteiger partial charge in [-0.2, -0.15) is 0 Å². The van der Waals surface area contributed by atoms with Gasteiger partial charge in [-0.1, -0.05) is 60.1 Å². The number of aryl methyl sites for hydroxylation is 1. The van der Waals surface area contributed by atoms with Gasteiger partial charge in [0.05, 0.1) is 10.7 Å². The quantitative estimate of drug-likeness (QED) is 0.0885. The minimum absolute atomic E-state index is 0.00194. The molecule has 0 atom stereocenters. The first kappa shape index (κ1) is 27.8. The molecule has 2 amide bonds. The Morgan fingerprint density at radius 3 is 2.29 bits per heavy atom. The Hall–Kier alpha value is -4.37. The lowest BCUT2D eigenvalue weighted by Crippen LogP contribution is -2.54. The molecule has 1 aliphatic heterocycles. The van der Waals surface area contributed by atoms with Crippen molar-refractivity contribution in [3.8, 4) is 11.5 Å². The summed E-state index contributed by atoms with van der Waals surface area (Å²) in [4.78, 5) is 28.3. The van der Waals surface area contributed by atoms with Gasteiger partial charge in [0.15, 0.2) is 5.11 Å². The maximum atomic E-state index is 13.8. The lowest BCUT2D eigenvalue weighted by atomic mass is 10.1. The van der Waals surface area contributed by atoms with Crippen LogP contribution in [0.4, 0.5) is 5.69 Å². The van der Waals surface area contributed by atoms with E-state index < -0.39 is 11.8 Å². The molecule has 2 heterocycles.